The molecule has 4 nitrogen and oxygen atoms in total. The van der Waals surface area contributed by atoms with Crippen LogP contribution in [0.25, 0.3) is 0 Å². The molecule has 0 bridgehead atoms. The van der Waals surface area contributed by atoms with E-state index in [-0.39, 0.29) is 11.6 Å². The Labute approximate surface area is 117 Å². The maximum atomic E-state index is 13.5. The molecule has 0 aliphatic carbocycles. The van der Waals surface area contributed by atoms with Crippen molar-refractivity contribution in [1.82, 2.24) is 4.72 Å². The van der Waals surface area contributed by atoms with Crippen LogP contribution in [0.15, 0.2) is 23.1 Å². The maximum Gasteiger partial charge on any atom is 0.243 e. The average molecular weight is 310 g/mol. The Hall–Kier alpha value is -0.690. The van der Waals surface area contributed by atoms with E-state index in [9.17, 15) is 17.9 Å². The van der Waals surface area contributed by atoms with Crippen LogP contribution < -0.4 is 4.72 Å². The lowest BCUT2D eigenvalue weighted by Crippen LogP contribution is -2.40. The zero-order chi connectivity index (χ0) is 14.7. The van der Waals surface area contributed by atoms with E-state index in [1.165, 1.54) is 13.0 Å². The predicted molar refractivity (Wildman–Crippen MR) is 72.1 cm³/mol. The first-order valence-corrected chi connectivity index (χ1v) is 7.71. The third-order valence-corrected chi connectivity index (χ3v) is 4.28. The molecule has 0 aromatic heterocycles. The molecule has 19 heavy (non-hydrogen) atoms. The van der Waals surface area contributed by atoms with E-state index in [2.05, 4.69) is 4.72 Å². The lowest BCUT2D eigenvalue weighted by atomic mass is 10.0. The molecule has 0 fully saturated rings. The first-order valence-electron chi connectivity index (χ1n) is 5.85. The number of halogens is 2. The SMILES string of the molecule is CCCC(C)(O)CNS(=O)(=O)c1ccc(Cl)cc1F. The van der Waals surface area contributed by atoms with Gasteiger partial charge in [0.05, 0.1) is 5.60 Å². The Morgan fingerprint density at radius 3 is 2.63 bits per heavy atom. The van der Waals surface area contributed by atoms with Gasteiger partial charge in [0.1, 0.15) is 10.7 Å². The van der Waals surface area contributed by atoms with Gasteiger partial charge in [-0.1, -0.05) is 24.9 Å². The number of sulfonamides is 1. The van der Waals surface area contributed by atoms with Gasteiger partial charge in [0.25, 0.3) is 0 Å². The van der Waals surface area contributed by atoms with Crippen LogP contribution in [0.2, 0.25) is 5.02 Å². The summed E-state index contributed by atoms with van der Waals surface area (Å²) >= 11 is 5.56. The number of benzene rings is 1. The molecule has 1 aromatic rings. The van der Waals surface area contributed by atoms with Gasteiger partial charge in [-0.05, 0) is 31.5 Å². The first kappa shape index (κ1) is 16.4. The van der Waals surface area contributed by atoms with Gasteiger partial charge in [0.2, 0.25) is 10.0 Å². The number of hydrogen-bond donors (Lipinski definition) is 2. The average Bonchev–Trinajstić information content (AvgIpc) is 2.26. The molecule has 0 saturated heterocycles. The largest absolute Gasteiger partial charge is 0.389 e. The number of hydrogen-bond acceptors (Lipinski definition) is 3. The molecule has 1 rings (SSSR count). The van der Waals surface area contributed by atoms with Crippen LogP contribution in [-0.4, -0.2) is 25.7 Å². The molecule has 0 heterocycles. The summed E-state index contributed by atoms with van der Waals surface area (Å²) in [6, 6.07) is 3.32. The summed E-state index contributed by atoms with van der Waals surface area (Å²) < 4.78 is 39.6. The molecular formula is C12H17ClFNO3S. The Balaban J connectivity index is 2.87. The van der Waals surface area contributed by atoms with Crippen molar-refractivity contribution in [1.29, 1.82) is 0 Å². The molecule has 0 radical (unpaired) electrons. The highest BCUT2D eigenvalue weighted by molar-refractivity contribution is 7.89. The molecule has 0 saturated carbocycles. The second-order valence-corrected chi connectivity index (χ2v) is 6.82. The molecule has 2 N–H and O–H groups in total. The number of nitrogens with one attached hydrogen (secondary N) is 1. The minimum atomic E-state index is -4.00. The lowest BCUT2D eigenvalue weighted by molar-refractivity contribution is 0.0554. The summed E-state index contributed by atoms with van der Waals surface area (Å²) in [5, 5.41) is 10.0. The van der Waals surface area contributed by atoms with Crippen molar-refractivity contribution in [2.45, 2.75) is 37.2 Å². The maximum absolute atomic E-state index is 13.5. The Kier molecular flexibility index (Phi) is 5.32. The first-order chi connectivity index (χ1) is 8.68. The second kappa shape index (κ2) is 6.17. The van der Waals surface area contributed by atoms with Crippen molar-refractivity contribution < 1.29 is 17.9 Å². The number of rotatable bonds is 6. The van der Waals surface area contributed by atoms with E-state index in [0.717, 1.165) is 12.1 Å². The summed E-state index contributed by atoms with van der Waals surface area (Å²) in [5.41, 5.74) is -1.16. The van der Waals surface area contributed by atoms with Crippen LogP contribution in [0.4, 0.5) is 4.39 Å². The highest BCUT2D eigenvalue weighted by Gasteiger charge is 2.25. The van der Waals surface area contributed by atoms with Crippen LogP contribution >= 0.6 is 11.6 Å². The van der Waals surface area contributed by atoms with Crippen molar-refractivity contribution in [2.75, 3.05) is 6.54 Å². The normalized spacial score (nSPS) is 15.2. The molecular weight excluding hydrogens is 293 g/mol. The fourth-order valence-corrected chi connectivity index (χ4v) is 3.03. The van der Waals surface area contributed by atoms with Crippen molar-refractivity contribution in [2.24, 2.45) is 0 Å². The van der Waals surface area contributed by atoms with E-state index in [4.69, 9.17) is 11.6 Å². The molecule has 0 aliphatic rings. The molecule has 108 valence electrons. The molecule has 7 heteroatoms. The fraction of sp³-hybridized carbons (Fsp3) is 0.500. The third-order valence-electron chi connectivity index (χ3n) is 2.62. The Morgan fingerprint density at radius 1 is 1.47 bits per heavy atom. The summed E-state index contributed by atoms with van der Waals surface area (Å²) in [6.07, 6.45) is 1.16. The minimum absolute atomic E-state index is 0.120. The highest BCUT2D eigenvalue weighted by Crippen LogP contribution is 2.19. The fourth-order valence-electron chi connectivity index (χ4n) is 1.65. The van der Waals surface area contributed by atoms with Gasteiger partial charge in [-0.3, -0.25) is 0 Å². The van der Waals surface area contributed by atoms with E-state index in [1.807, 2.05) is 6.92 Å². The molecule has 1 aromatic carbocycles. The second-order valence-electron chi connectivity index (χ2n) is 4.65. The smallest absolute Gasteiger partial charge is 0.243 e. The van der Waals surface area contributed by atoms with Crippen LogP contribution in [0, 0.1) is 5.82 Å². The van der Waals surface area contributed by atoms with Crippen LogP contribution in [0.5, 0.6) is 0 Å². The van der Waals surface area contributed by atoms with Gasteiger partial charge in [-0.15, -0.1) is 0 Å². The zero-order valence-corrected chi connectivity index (χ0v) is 12.4. The van der Waals surface area contributed by atoms with Crippen molar-refractivity contribution >= 4 is 21.6 Å². The topological polar surface area (TPSA) is 66.4 Å². The van der Waals surface area contributed by atoms with Crippen molar-refractivity contribution in [3.63, 3.8) is 0 Å². The lowest BCUT2D eigenvalue weighted by Gasteiger charge is -2.22. The van der Waals surface area contributed by atoms with E-state index in [1.54, 1.807) is 0 Å². The number of aliphatic hydroxyl groups is 1. The summed E-state index contributed by atoms with van der Waals surface area (Å²) in [6.45, 7) is 3.23. The summed E-state index contributed by atoms with van der Waals surface area (Å²) in [7, 11) is -4.00. The quantitative estimate of drug-likeness (QED) is 0.847. The Morgan fingerprint density at radius 2 is 2.11 bits per heavy atom. The molecule has 1 atom stereocenters. The minimum Gasteiger partial charge on any atom is -0.389 e. The van der Waals surface area contributed by atoms with E-state index >= 15 is 0 Å². The molecule has 1 unspecified atom stereocenters. The molecule has 0 amide bonds. The van der Waals surface area contributed by atoms with Crippen molar-refractivity contribution in [3.05, 3.63) is 29.0 Å². The van der Waals surface area contributed by atoms with E-state index < -0.39 is 26.3 Å². The standard InChI is InChI=1S/C12H17ClFNO3S/c1-3-6-12(2,16)8-15-19(17,18)11-5-4-9(13)7-10(11)14/h4-5,7,15-16H,3,6,8H2,1-2H3. The Bertz CT molecular complexity index is 546. The summed E-state index contributed by atoms with van der Waals surface area (Å²) in [4.78, 5) is -0.482. The van der Waals surface area contributed by atoms with Gasteiger partial charge in [0.15, 0.2) is 0 Å². The van der Waals surface area contributed by atoms with Crippen LogP contribution in [-0.2, 0) is 10.0 Å². The molecule has 0 aliphatic heterocycles. The van der Waals surface area contributed by atoms with E-state index in [0.29, 0.717) is 12.8 Å². The monoisotopic (exact) mass is 309 g/mol. The van der Waals surface area contributed by atoms with Crippen molar-refractivity contribution in [3.8, 4) is 0 Å². The van der Waals surface area contributed by atoms with Gasteiger partial charge >= 0.3 is 0 Å². The van der Waals surface area contributed by atoms with Gasteiger partial charge in [-0.25, -0.2) is 17.5 Å². The third kappa shape index (κ3) is 4.72. The predicted octanol–water partition coefficient (Wildman–Crippen LogP) is 2.31. The van der Waals surface area contributed by atoms with Gasteiger partial charge in [-0.2, -0.15) is 0 Å². The molecule has 0 spiro atoms. The summed E-state index contributed by atoms with van der Waals surface area (Å²) in [5.74, 6) is -0.921. The van der Waals surface area contributed by atoms with Crippen LogP contribution in [0.1, 0.15) is 26.7 Å². The zero-order valence-electron chi connectivity index (χ0n) is 10.8. The van der Waals surface area contributed by atoms with Gasteiger partial charge < -0.3 is 5.11 Å². The van der Waals surface area contributed by atoms with Gasteiger partial charge in [0, 0.05) is 11.6 Å². The van der Waals surface area contributed by atoms with Crippen LogP contribution in [0.3, 0.4) is 0 Å². The highest BCUT2D eigenvalue weighted by atomic mass is 35.5.